The molecule has 0 heterocycles. The quantitative estimate of drug-likeness (QED) is 0.776. The summed E-state index contributed by atoms with van der Waals surface area (Å²) in [6.07, 6.45) is -1.66. The van der Waals surface area contributed by atoms with Crippen molar-refractivity contribution in [2.24, 2.45) is 5.73 Å². The number of esters is 1. The molecule has 0 amide bonds. The topological polar surface area (TPSA) is 81.8 Å². The van der Waals surface area contributed by atoms with Crippen molar-refractivity contribution in [3.05, 3.63) is 29.6 Å². The molecule has 1 rings (SSSR count). The fraction of sp³-hybridized carbons (Fsp3) is 0.533. The highest BCUT2D eigenvalue weighted by molar-refractivity contribution is 5.70. The molecule has 0 spiro atoms. The van der Waals surface area contributed by atoms with Crippen LogP contribution in [-0.4, -0.2) is 35.4 Å². The summed E-state index contributed by atoms with van der Waals surface area (Å²) in [6.45, 7) is 4.46. The van der Waals surface area contributed by atoms with Crippen molar-refractivity contribution in [2.75, 3.05) is 6.61 Å². The van der Waals surface area contributed by atoms with Crippen LogP contribution < -0.4 is 10.5 Å². The normalized spacial score (nSPS) is 14.3. The van der Waals surface area contributed by atoms with Gasteiger partial charge in [0.1, 0.15) is 24.1 Å². The van der Waals surface area contributed by atoms with Crippen LogP contribution in [0.5, 0.6) is 5.75 Å². The molecule has 0 aliphatic heterocycles. The number of ether oxygens (including phenoxy) is 2. The number of nitrogens with two attached hydrogens (primary N) is 1. The van der Waals surface area contributed by atoms with Crippen LogP contribution in [-0.2, 0) is 9.53 Å². The van der Waals surface area contributed by atoms with Crippen molar-refractivity contribution in [1.82, 2.24) is 0 Å². The number of carbonyl (C=O) groups is 1. The Bertz CT molecular complexity index is 537. The molecule has 0 aromatic heterocycles. The average molecular weight is 335 g/mol. The van der Waals surface area contributed by atoms with Crippen molar-refractivity contribution in [1.29, 1.82) is 0 Å². The van der Waals surface area contributed by atoms with Crippen LogP contribution in [0.1, 0.15) is 27.2 Å². The Kier molecular flexibility index (Phi) is 6.40. The van der Waals surface area contributed by atoms with Gasteiger partial charge in [-0.05, 0) is 20.8 Å². The zero-order chi connectivity index (χ0) is 17.8. The molecule has 0 aliphatic rings. The molecular formula is C15H20F3NO4. The number of hydrogen-bond donors (Lipinski definition) is 2. The number of aliphatic hydroxyl groups is 1. The highest BCUT2D eigenvalue weighted by Gasteiger charge is 2.24. The molecule has 5 nitrogen and oxygen atoms in total. The second-order valence-corrected chi connectivity index (χ2v) is 6.03. The molecule has 23 heavy (non-hydrogen) atoms. The molecule has 0 bridgehead atoms. The Morgan fingerprint density at radius 3 is 2.26 bits per heavy atom. The average Bonchev–Trinajstić information content (AvgIpc) is 2.34. The lowest BCUT2D eigenvalue weighted by molar-refractivity contribution is -0.156. The second kappa shape index (κ2) is 7.65. The molecule has 1 aromatic carbocycles. The van der Waals surface area contributed by atoms with Crippen molar-refractivity contribution in [3.63, 3.8) is 0 Å². The maximum absolute atomic E-state index is 13.4. The first kappa shape index (κ1) is 19.2. The molecule has 0 aliphatic carbocycles. The van der Waals surface area contributed by atoms with Gasteiger partial charge in [0.25, 0.3) is 0 Å². The summed E-state index contributed by atoms with van der Waals surface area (Å²) >= 11 is 0. The van der Waals surface area contributed by atoms with Crippen LogP contribution in [0.2, 0.25) is 0 Å². The van der Waals surface area contributed by atoms with Gasteiger partial charge < -0.3 is 20.3 Å². The van der Waals surface area contributed by atoms with E-state index < -0.39 is 53.5 Å². The van der Waals surface area contributed by atoms with E-state index in [1.165, 1.54) is 0 Å². The lowest BCUT2D eigenvalue weighted by Crippen LogP contribution is -2.41. The van der Waals surface area contributed by atoms with Gasteiger partial charge >= 0.3 is 5.97 Å². The lowest BCUT2D eigenvalue weighted by atomic mass is 10.1. The first-order valence-corrected chi connectivity index (χ1v) is 6.92. The summed E-state index contributed by atoms with van der Waals surface area (Å²) in [4.78, 5) is 11.6. The number of aliphatic hydroxyl groups excluding tert-OH is 1. The number of halogens is 3. The van der Waals surface area contributed by atoms with Gasteiger partial charge in [-0.1, -0.05) is 0 Å². The minimum absolute atomic E-state index is 0.295. The minimum Gasteiger partial charge on any atom is -0.485 e. The molecule has 3 N–H and O–H groups in total. The van der Waals surface area contributed by atoms with Crippen LogP contribution in [0, 0.1) is 17.5 Å². The molecule has 0 radical (unpaired) electrons. The zero-order valence-corrected chi connectivity index (χ0v) is 13.1. The summed E-state index contributed by atoms with van der Waals surface area (Å²) in [7, 11) is 0. The molecule has 2 atom stereocenters. The molecule has 8 heteroatoms. The van der Waals surface area contributed by atoms with Gasteiger partial charge in [0.2, 0.25) is 0 Å². The van der Waals surface area contributed by atoms with Crippen LogP contribution in [0.25, 0.3) is 0 Å². The molecule has 0 fully saturated rings. The molecule has 2 unspecified atom stereocenters. The predicted molar refractivity (Wildman–Crippen MR) is 76.3 cm³/mol. The number of carbonyl (C=O) groups excluding carboxylic acids is 1. The van der Waals surface area contributed by atoms with Crippen molar-refractivity contribution in [3.8, 4) is 5.75 Å². The van der Waals surface area contributed by atoms with Crippen LogP contribution >= 0.6 is 0 Å². The van der Waals surface area contributed by atoms with Gasteiger partial charge in [0, 0.05) is 18.2 Å². The van der Waals surface area contributed by atoms with E-state index >= 15 is 0 Å². The number of hydrogen-bond acceptors (Lipinski definition) is 5. The van der Waals surface area contributed by atoms with Crippen LogP contribution in [0.3, 0.4) is 0 Å². The summed E-state index contributed by atoms with van der Waals surface area (Å²) < 4.78 is 49.3. The summed E-state index contributed by atoms with van der Waals surface area (Å²) in [6, 6.07) is -0.145. The Morgan fingerprint density at radius 1 is 1.26 bits per heavy atom. The molecule has 0 saturated carbocycles. The fourth-order valence-corrected chi connectivity index (χ4v) is 1.67. The maximum Gasteiger partial charge on any atom is 0.307 e. The van der Waals surface area contributed by atoms with E-state index in [1.807, 2.05) is 0 Å². The van der Waals surface area contributed by atoms with Crippen molar-refractivity contribution < 1.29 is 32.5 Å². The van der Waals surface area contributed by atoms with Crippen molar-refractivity contribution in [2.45, 2.75) is 44.9 Å². The van der Waals surface area contributed by atoms with Crippen LogP contribution in [0.15, 0.2) is 12.1 Å². The summed E-state index contributed by atoms with van der Waals surface area (Å²) in [5.74, 6) is -5.02. The van der Waals surface area contributed by atoms with E-state index in [2.05, 4.69) is 0 Å². The minimum atomic E-state index is -1.37. The summed E-state index contributed by atoms with van der Waals surface area (Å²) in [5.41, 5.74) is 4.93. The van der Waals surface area contributed by atoms with Gasteiger partial charge in [0.15, 0.2) is 17.4 Å². The largest absolute Gasteiger partial charge is 0.485 e. The van der Waals surface area contributed by atoms with Crippen LogP contribution in [0.4, 0.5) is 13.2 Å². The van der Waals surface area contributed by atoms with Gasteiger partial charge in [-0.15, -0.1) is 0 Å². The first-order valence-electron chi connectivity index (χ1n) is 6.92. The highest BCUT2D eigenvalue weighted by Crippen LogP contribution is 2.23. The maximum atomic E-state index is 13.4. The monoisotopic (exact) mass is 335 g/mol. The van der Waals surface area contributed by atoms with E-state index in [1.54, 1.807) is 20.8 Å². The fourth-order valence-electron chi connectivity index (χ4n) is 1.67. The zero-order valence-electron chi connectivity index (χ0n) is 13.1. The lowest BCUT2D eigenvalue weighted by Gasteiger charge is -2.23. The molecule has 130 valence electrons. The number of benzene rings is 1. The molecule has 0 saturated heterocycles. The van der Waals surface area contributed by atoms with E-state index in [4.69, 9.17) is 15.2 Å². The standard InChI is InChI=1S/C15H20F3NO4/c1-15(2,3)23-13(21)6-11(19)12(20)7-22-14-9(17)4-8(16)5-10(14)18/h4-5,11-12,20H,6-7,19H2,1-3H3. The van der Waals surface area contributed by atoms with E-state index in [9.17, 15) is 23.1 Å². The highest BCUT2D eigenvalue weighted by atomic mass is 19.1. The molecular weight excluding hydrogens is 315 g/mol. The summed E-state index contributed by atoms with van der Waals surface area (Å²) in [5, 5.41) is 9.79. The second-order valence-electron chi connectivity index (χ2n) is 6.03. The Morgan fingerprint density at radius 2 is 1.78 bits per heavy atom. The molecule has 1 aromatic rings. The van der Waals surface area contributed by atoms with Gasteiger partial charge in [0.05, 0.1) is 6.42 Å². The third-order valence-corrected chi connectivity index (χ3v) is 2.68. The Hall–Kier alpha value is -1.80. The predicted octanol–water partition coefficient (Wildman–Crippen LogP) is 1.90. The van der Waals surface area contributed by atoms with E-state index in [0.717, 1.165) is 0 Å². The Balaban J connectivity index is 2.56. The number of rotatable bonds is 6. The van der Waals surface area contributed by atoms with E-state index in [-0.39, 0.29) is 6.42 Å². The SMILES string of the molecule is CC(C)(C)OC(=O)CC(N)C(O)COc1c(F)cc(F)cc1F. The van der Waals surface area contributed by atoms with Crippen molar-refractivity contribution >= 4 is 5.97 Å². The third-order valence-electron chi connectivity index (χ3n) is 2.68. The Labute approximate surface area is 132 Å². The van der Waals surface area contributed by atoms with Gasteiger partial charge in [-0.25, -0.2) is 13.2 Å². The van der Waals surface area contributed by atoms with Gasteiger partial charge in [-0.3, -0.25) is 4.79 Å². The van der Waals surface area contributed by atoms with E-state index in [0.29, 0.717) is 12.1 Å². The van der Waals surface area contributed by atoms with Gasteiger partial charge in [-0.2, -0.15) is 0 Å². The third kappa shape index (κ3) is 6.45. The first-order chi connectivity index (χ1) is 10.5. The smallest absolute Gasteiger partial charge is 0.307 e.